The van der Waals surface area contributed by atoms with Crippen LogP contribution in [-0.4, -0.2) is 84.3 Å². The number of anilines is 2. The third kappa shape index (κ3) is 4.69. The van der Waals surface area contributed by atoms with Crippen LogP contribution in [0.3, 0.4) is 0 Å². The lowest BCUT2D eigenvalue weighted by Crippen LogP contribution is -2.49. The number of furan rings is 1. The number of carbonyl (C=O) groups is 1. The second kappa shape index (κ2) is 8.61. The quantitative estimate of drug-likeness (QED) is 0.726. The average Bonchev–Trinajstić information content (AvgIpc) is 3.20. The molecule has 26 heavy (non-hydrogen) atoms. The molecule has 1 aliphatic rings. The van der Waals surface area contributed by atoms with Gasteiger partial charge in [0.1, 0.15) is 0 Å². The van der Waals surface area contributed by atoms with Crippen molar-refractivity contribution < 1.29 is 9.21 Å². The predicted molar refractivity (Wildman–Crippen MR) is 98.3 cm³/mol. The molecule has 140 valence electrons. The number of nitrogens with one attached hydrogen (secondary N) is 1. The van der Waals surface area contributed by atoms with Crippen LogP contribution in [0.15, 0.2) is 29.0 Å². The molecular formula is C17H25N7O2. The van der Waals surface area contributed by atoms with Gasteiger partial charge in [0, 0.05) is 32.7 Å². The van der Waals surface area contributed by atoms with Crippen molar-refractivity contribution in [3.05, 3.63) is 30.4 Å². The Balaban J connectivity index is 1.51. The molecule has 0 saturated carbocycles. The van der Waals surface area contributed by atoms with Gasteiger partial charge in [-0.1, -0.05) is 0 Å². The topological polar surface area (TPSA) is 90.6 Å². The van der Waals surface area contributed by atoms with Crippen molar-refractivity contribution in [1.82, 2.24) is 25.0 Å². The molecule has 2 aromatic rings. The fourth-order valence-electron chi connectivity index (χ4n) is 2.81. The highest BCUT2D eigenvalue weighted by Gasteiger charge is 2.24. The summed E-state index contributed by atoms with van der Waals surface area (Å²) in [5, 5.41) is 11.3. The van der Waals surface area contributed by atoms with E-state index in [9.17, 15) is 4.79 Å². The zero-order valence-electron chi connectivity index (χ0n) is 15.3. The van der Waals surface area contributed by atoms with Gasteiger partial charge in [-0.25, -0.2) is 0 Å². The maximum Gasteiger partial charge on any atom is 0.289 e. The van der Waals surface area contributed by atoms with E-state index in [-0.39, 0.29) is 5.91 Å². The van der Waals surface area contributed by atoms with Crippen molar-refractivity contribution in [1.29, 1.82) is 0 Å². The molecule has 1 fully saturated rings. The van der Waals surface area contributed by atoms with E-state index in [0.717, 1.165) is 25.3 Å². The molecule has 0 aliphatic carbocycles. The van der Waals surface area contributed by atoms with Gasteiger partial charge in [-0.2, -0.15) is 10.1 Å². The number of carbonyl (C=O) groups excluding carboxylic acids is 1. The van der Waals surface area contributed by atoms with Gasteiger partial charge in [0.2, 0.25) is 5.95 Å². The van der Waals surface area contributed by atoms with Crippen molar-refractivity contribution in [3.8, 4) is 0 Å². The third-order valence-electron chi connectivity index (χ3n) is 4.23. The number of aromatic nitrogens is 3. The molecule has 1 saturated heterocycles. The molecule has 0 aromatic carbocycles. The highest BCUT2D eigenvalue weighted by atomic mass is 16.3. The number of hydrogen-bond donors (Lipinski definition) is 1. The lowest BCUT2D eigenvalue weighted by Gasteiger charge is -2.34. The Hall–Kier alpha value is -2.68. The Kier molecular flexibility index (Phi) is 6.00. The van der Waals surface area contributed by atoms with Crippen LogP contribution in [0, 0.1) is 0 Å². The van der Waals surface area contributed by atoms with Crippen molar-refractivity contribution in [2.75, 3.05) is 63.6 Å². The summed E-state index contributed by atoms with van der Waals surface area (Å²) < 4.78 is 5.19. The summed E-state index contributed by atoms with van der Waals surface area (Å²) in [5.41, 5.74) is 0. The smallest absolute Gasteiger partial charge is 0.289 e. The van der Waals surface area contributed by atoms with E-state index in [0.29, 0.717) is 37.9 Å². The summed E-state index contributed by atoms with van der Waals surface area (Å²) in [6, 6.07) is 3.42. The second-order valence-corrected chi connectivity index (χ2v) is 6.48. The van der Waals surface area contributed by atoms with Gasteiger partial charge in [0.25, 0.3) is 5.91 Å². The summed E-state index contributed by atoms with van der Waals surface area (Å²) in [6.45, 7) is 4.45. The number of rotatable bonds is 7. The van der Waals surface area contributed by atoms with Crippen LogP contribution in [0.1, 0.15) is 17.0 Å². The number of hydrogen-bond acceptors (Lipinski definition) is 8. The van der Waals surface area contributed by atoms with E-state index in [1.165, 1.54) is 6.26 Å². The Morgan fingerprint density at radius 3 is 2.81 bits per heavy atom. The first kappa shape index (κ1) is 18.1. The Labute approximate surface area is 153 Å². The standard InChI is InChI=1S/C17H25N7O2/c1-22(2)7-4-6-18-17-20-15(13-19-21-17)23-8-10-24(11-9-23)16(25)14-5-3-12-26-14/h3,5,12-13H,4,6-11H2,1-2H3,(H,18,20,21). The fraction of sp³-hybridized carbons (Fsp3) is 0.529. The lowest BCUT2D eigenvalue weighted by atomic mass is 10.3. The number of piperazine rings is 1. The molecular weight excluding hydrogens is 334 g/mol. The number of nitrogens with zero attached hydrogens (tertiary/aromatic N) is 6. The molecule has 0 atom stereocenters. The monoisotopic (exact) mass is 359 g/mol. The predicted octanol–water partition coefficient (Wildman–Crippen LogP) is 0.791. The van der Waals surface area contributed by atoms with Crippen molar-refractivity contribution in [3.63, 3.8) is 0 Å². The van der Waals surface area contributed by atoms with Crippen LogP contribution in [0.4, 0.5) is 11.8 Å². The normalized spacial score (nSPS) is 14.7. The highest BCUT2D eigenvalue weighted by Crippen LogP contribution is 2.15. The van der Waals surface area contributed by atoms with Crippen molar-refractivity contribution in [2.24, 2.45) is 0 Å². The summed E-state index contributed by atoms with van der Waals surface area (Å²) in [4.78, 5) is 22.9. The molecule has 0 radical (unpaired) electrons. The largest absolute Gasteiger partial charge is 0.459 e. The zero-order chi connectivity index (χ0) is 18.4. The minimum Gasteiger partial charge on any atom is -0.459 e. The lowest BCUT2D eigenvalue weighted by molar-refractivity contribution is 0.0714. The summed E-state index contributed by atoms with van der Waals surface area (Å²) in [6.07, 6.45) is 4.19. The van der Waals surface area contributed by atoms with Crippen molar-refractivity contribution in [2.45, 2.75) is 6.42 Å². The van der Waals surface area contributed by atoms with Crippen molar-refractivity contribution >= 4 is 17.7 Å². The average molecular weight is 359 g/mol. The molecule has 9 heteroatoms. The maximum atomic E-state index is 12.3. The van der Waals surface area contributed by atoms with Crippen LogP contribution in [0.5, 0.6) is 0 Å². The summed E-state index contributed by atoms with van der Waals surface area (Å²) >= 11 is 0. The molecule has 1 N–H and O–H groups in total. The van der Waals surface area contributed by atoms with E-state index in [4.69, 9.17) is 4.42 Å². The molecule has 3 rings (SSSR count). The van der Waals surface area contributed by atoms with Gasteiger partial charge in [-0.3, -0.25) is 4.79 Å². The van der Waals surface area contributed by atoms with E-state index < -0.39 is 0 Å². The van der Waals surface area contributed by atoms with E-state index in [2.05, 4.69) is 44.4 Å². The Morgan fingerprint density at radius 1 is 1.31 bits per heavy atom. The first-order valence-electron chi connectivity index (χ1n) is 8.79. The summed E-state index contributed by atoms with van der Waals surface area (Å²) in [7, 11) is 4.10. The van der Waals surface area contributed by atoms with Gasteiger partial charge >= 0.3 is 0 Å². The fourth-order valence-corrected chi connectivity index (χ4v) is 2.81. The zero-order valence-corrected chi connectivity index (χ0v) is 15.3. The molecule has 0 bridgehead atoms. The first-order chi connectivity index (χ1) is 12.6. The third-order valence-corrected chi connectivity index (χ3v) is 4.23. The van der Waals surface area contributed by atoms with Crippen LogP contribution >= 0.6 is 0 Å². The molecule has 1 aliphatic heterocycles. The molecule has 9 nitrogen and oxygen atoms in total. The maximum absolute atomic E-state index is 12.3. The Morgan fingerprint density at radius 2 is 2.12 bits per heavy atom. The molecule has 0 spiro atoms. The van der Waals surface area contributed by atoms with Gasteiger partial charge < -0.3 is 24.4 Å². The van der Waals surface area contributed by atoms with Gasteiger partial charge in [-0.05, 0) is 39.2 Å². The van der Waals surface area contributed by atoms with E-state index in [1.54, 1.807) is 23.2 Å². The second-order valence-electron chi connectivity index (χ2n) is 6.48. The Bertz CT molecular complexity index is 697. The van der Waals surface area contributed by atoms with Crippen LogP contribution < -0.4 is 10.2 Å². The van der Waals surface area contributed by atoms with Gasteiger partial charge in [0.05, 0.1) is 12.5 Å². The van der Waals surface area contributed by atoms with Gasteiger partial charge in [-0.15, -0.1) is 5.10 Å². The molecule has 0 unspecified atom stereocenters. The molecule has 1 amide bonds. The molecule has 3 heterocycles. The van der Waals surface area contributed by atoms with Crippen LogP contribution in [-0.2, 0) is 0 Å². The minimum absolute atomic E-state index is 0.0706. The van der Waals surface area contributed by atoms with E-state index in [1.807, 2.05) is 0 Å². The van der Waals surface area contributed by atoms with Crippen LogP contribution in [0.25, 0.3) is 0 Å². The van der Waals surface area contributed by atoms with Gasteiger partial charge in [0.15, 0.2) is 11.6 Å². The SMILES string of the molecule is CN(C)CCCNc1nncc(N2CCN(C(=O)c3ccco3)CC2)n1. The first-order valence-corrected chi connectivity index (χ1v) is 8.79. The summed E-state index contributed by atoms with van der Waals surface area (Å²) in [5.74, 6) is 1.63. The molecule has 2 aromatic heterocycles. The minimum atomic E-state index is -0.0706. The van der Waals surface area contributed by atoms with E-state index >= 15 is 0 Å². The highest BCUT2D eigenvalue weighted by molar-refractivity contribution is 5.91. The number of amides is 1. The van der Waals surface area contributed by atoms with Crippen LogP contribution in [0.2, 0.25) is 0 Å².